The zero-order chi connectivity index (χ0) is 20.4. The average Bonchev–Trinajstić information content (AvgIpc) is 3.08. The number of ether oxygens (including phenoxy) is 1. The van der Waals surface area contributed by atoms with Gasteiger partial charge in [-0.25, -0.2) is 4.39 Å². The molecule has 1 aromatic heterocycles. The number of fused-ring (bicyclic) bond motifs is 1. The van der Waals surface area contributed by atoms with Gasteiger partial charge in [0.2, 0.25) is 0 Å². The fourth-order valence-electron chi connectivity index (χ4n) is 4.50. The Morgan fingerprint density at radius 3 is 2.69 bits per heavy atom. The van der Waals surface area contributed by atoms with Crippen LogP contribution in [-0.2, 0) is 0 Å². The molecule has 0 radical (unpaired) electrons. The SMILES string of the molecule is CNCCN1CCC(c2ccc3[nH]c(-c4ccc(F)cc4OC)c(C)c3c2)CC1. The van der Waals surface area contributed by atoms with Crippen LogP contribution in [-0.4, -0.2) is 50.2 Å². The molecule has 4 nitrogen and oxygen atoms in total. The van der Waals surface area contributed by atoms with Crippen molar-refractivity contribution in [3.05, 3.63) is 53.3 Å². The minimum atomic E-state index is -0.289. The van der Waals surface area contributed by atoms with Crippen molar-refractivity contribution in [2.45, 2.75) is 25.7 Å². The predicted molar refractivity (Wildman–Crippen MR) is 117 cm³/mol. The largest absolute Gasteiger partial charge is 0.496 e. The molecule has 29 heavy (non-hydrogen) atoms. The number of aryl methyl sites for hydroxylation is 1. The van der Waals surface area contributed by atoms with Crippen molar-refractivity contribution in [2.24, 2.45) is 0 Å². The first kappa shape index (κ1) is 19.9. The van der Waals surface area contributed by atoms with Crippen molar-refractivity contribution in [3.63, 3.8) is 0 Å². The molecule has 0 bridgehead atoms. The van der Waals surface area contributed by atoms with E-state index in [9.17, 15) is 4.39 Å². The van der Waals surface area contributed by atoms with E-state index in [2.05, 4.69) is 40.3 Å². The number of piperidine rings is 1. The molecule has 5 heteroatoms. The first-order valence-electron chi connectivity index (χ1n) is 10.4. The van der Waals surface area contributed by atoms with E-state index in [1.807, 2.05) is 7.05 Å². The summed E-state index contributed by atoms with van der Waals surface area (Å²) in [6.45, 7) is 6.63. The van der Waals surface area contributed by atoms with Crippen LogP contribution in [0.2, 0.25) is 0 Å². The maximum atomic E-state index is 13.6. The van der Waals surface area contributed by atoms with E-state index < -0.39 is 0 Å². The monoisotopic (exact) mass is 395 g/mol. The third kappa shape index (κ3) is 4.02. The summed E-state index contributed by atoms with van der Waals surface area (Å²) in [6.07, 6.45) is 2.41. The fraction of sp³-hybridized carbons (Fsp3) is 0.417. The lowest BCUT2D eigenvalue weighted by Crippen LogP contribution is -2.37. The Morgan fingerprint density at radius 1 is 1.17 bits per heavy atom. The van der Waals surface area contributed by atoms with Gasteiger partial charge in [-0.2, -0.15) is 0 Å². The van der Waals surface area contributed by atoms with Gasteiger partial charge in [-0.3, -0.25) is 0 Å². The lowest BCUT2D eigenvalue weighted by atomic mass is 9.88. The van der Waals surface area contributed by atoms with Gasteiger partial charge in [0.05, 0.1) is 12.8 Å². The van der Waals surface area contributed by atoms with Crippen LogP contribution in [0.5, 0.6) is 5.75 Å². The van der Waals surface area contributed by atoms with Gasteiger partial charge in [0.1, 0.15) is 11.6 Å². The van der Waals surface area contributed by atoms with Gasteiger partial charge in [-0.1, -0.05) is 6.07 Å². The van der Waals surface area contributed by atoms with Gasteiger partial charge in [0.25, 0.3) is 0 Å². The standard InChI is InChI=1S/C24H30FN3O/c1-16-21-14-18(17-8-11-28(12-9-17)13-10-26-2)4-7-22(21)27-24(16)20-6-5-19(25)15-23(20)29-3/h4-7,14-15,17,26-27H,8-13H2,1-3H3. The second kappa shape index (κ2) is 8.56. The van der Waals surface area contributed by atoms with E-state index in [4.69, 9.17) is 4.74 Å². The molecule has 4 rings (SSSR count). The highest BCUT2D eigenvalue weighted by atomic mass is 19.1. The molecule has 3 aromatic rings. The Hall–Kier alpha value is -2.37. The molecule has 2 N–H and O–H groups in total. The number of likely N-dealkylation sites (tertiary alicyclic amines) is 1. The van der Waals surface area contributed by atoms with E-state index in [1.54, 1.807) is 13.2 Å². The third-order valence-corrected chi connectivity index (χ3v) is 6.25. The normalized spacial score (nSPS) is 15.9. The third-order valence-electron chi connectivity index (χ3n) is 6.25. The van der Waals surface area contributed by atoms with Crippen LogP contribution in [0, 0.1) is 12.7 Å². The molecule has 2 aromatic carbocycles. The Labute approximate surface area is 172 Å². The summed E-state index contributed by atoms with van der Waals surface area (Å²) in [5.74, 6) is 0.875. The van der Waals surface area contributed by atoms with Gasteiger partial charge >= 0.3 is 0 Å². The van der Waals surface area contributed by atoms with Gasteiger partial charge in [0.15, 0.2) is 0 Å². The topological polar surface area (TPSA) is 40.3 Å². The number of methoxy groups -OCH3 is 1. The van der Waals surface area contributed by atoms with E-state index in [-0.39, 0.29) is 5.82 Å². The minimum Gasteiger partial charge on any atom is -0.496 e. The van der Waals surface area contributed by atoms with Crippen LogP contribution in [0.3, 0.4) is 0 Å². The zero-order valence-electron chi connectivity index (χ0n) is 17.5. The lowest BCUT2D eigenvalue weighted by molar-refractivity contribution is 0.214. The van der Waals surface area contributed by atoms with E-state index in [1.165, 1.54) is 41.5 Å². The molecule has 0 atom stereocenters. The first-order chi connectivity index (χ1) is 14.1. The number of H-pyrrole nitrogens is 1. The molecule has 1 fully saturated rings. The summed E-state index contributed by atoms with van der Waals surface area (Å²) in [5, 5.41) is 4.47. The number of likely N-dealkylation sites (N-methyl/N-ethyl adjacent to an activating group) is 1. The van der Waals surface area contributed by atoms with Crippen LogP contribution in [0.15, 0.2) is 36.4 Å². The lowest BCUT2D eigenvalue weighted by Gasteiger charge is -2.32. The van der Waals surface area contributed by atoms with Crippen molar-refractivity contribution in [2.75, 3.05) is 40.3 Å². The smallest absolute Gasteiger partial charge is 0.131 e. The summed E-state index contributed by atoms with van der Waals surface area (Å²) in [6, 6.07) is 11.5. The minimum absolute atomic E-state index is 0.289. The Balaban J connectivity index is 1.60. The van der Waals surface area contributed by atoms with Gasteiger partial charge in [0, 0.05) is 35.6 Å². The molecule has 0 unspecified atom stereocenters. The van der Waals surface area contributed by atoms with Gasteiger partial charge < -0.3 is 19.9 Å². The van der Waals surface area contributed by atoms with Crippen LogP contribution >= 0.6 is 0 Å². The van der Waals surface area contributed by atoms with Crippen molar-refractivity contribution < 1.29 is 9.13 Å². The van der Waals surface area contributed by atoms with Crippen molar-refractivity contribution >= 4 is 10.9 Å². The molecule has 1 aliphatic rings. The molecule has 1 saturated heterocycles. The van der Waals surface area contributed by atoms with Crippen LogP contribution in [0.1, 0.15) is 29.9 Å². The number of halogens is 1. The van der Waals surface area contributed by atoms with Crippen LogP contribution < -0.4 is 10.1 Å². The molecule has 1 aliphatic heterocycles. The summed E-state index contributed by atoms with van der Waals surface area (Å²) in [4.78, 5) is 6.06. The van der Waals surface area contributed by atoms with Crippen LogP contribution in [0.25, 0.3) is 22.2 Å². The van der Waals surface area contributed by atoms with E-state index in [0.717, 1.165) is 43.0 Å². The first-order valence-corrected chi connectivity index (χ1v) is 10.4. The summed E-state index contributed by atoms with van der Waals surface area (Å²) in [7, 11) is 3.59. The molecule has 0 saturated carbocycles. The highest BCUT2D eigenvalue weighted by molar-refractivity contribution is 5.92. The van der Waals surface area contributed by atoms with Gasteiger partial charge in [-0.15, -0.1) is 0 Å². The summed E-state index contributed by atoms with van der Waals surface area (Å²) < 4.78 is 19.0. The number of nitrogens with zero attached hydrogens (tertiary/aromatic N) is 1. The maximum Gasteiger partial charge on any atom is 0.131 e. The molecule has 2 heterocycles. The predicted octanol–water partition coefficient (Wildman–Crippen LogP) is 4.69. The second-order valence-electron chi connectivity index (χ2n) is 7.99. The molecular formula is C24H30FN3O. The van der Waals surface area contributed by atoms with Crippen molar-refractivity contribution in [1.82, 2.24) is 15.2 Å². The highest BCUT2D eigenvalue weighted by Gasteiger charge is 2.21. The zero-order valence-corrected chi connectivity index (χ0v) is 17.5. The number of aromatic nitrogens is 1. The highest BCUT2D eigenvalue weighted by Crippen LogP contribution is 2.37. The summed E-state index contributed by atoms with van der Waals surface area (Å²) in [5.41, 5.74) is 5.60. The number of benzene rings is 2. The number of hydrogen-bond acceptors (Lipinski definition) is 3. The van der Waals surface area contributed by atoms with Crippen molar-refractivity contribution in [3.8, 4) is 17.0 Å². The quantitative estimate of drug-likeness (QED) is 0.636. The molecular weight excluding hydrogens is 365 g/mol. The maximum absolute atomic E-state index is 13.6. The van der Waals surface area contributed by atoms with Crippen molar-refractivity contribution in [1.29, 1.82) is 0 Å². The van der Waals surface area contributed by atoms with Gasteiger partial charge in [-0.05, 0) is 81.2 Å². The van der Waals surface area contributed by atoms with Crippen LogP contribution in [0.4, 0.5) is 4.39 Å². The number of rotatable bonds is 6. The Morgan fingerprint density at radius 2 is 1.97 bits per heavy atom. The molecule has 0 spiro atoms. The molecule has 0 amide bonds. The second-order valence-corrected chi connectivity index (χ2v) is 7.99. The molecule has 0 aliphatic carbocycles. The average molecular weight is 396 g/mol. The van der Waals surface area contributed by atoms with E-state index >= 15 is 0 Å². The number of aromatic amines is 1. The fourth-order valence-corrected chi connectivity index (χ4v) is 4.50. The Kier molecular flexibility index (Phi) is 5.88. The number of nitrogens with one attached hydrogen (secondary N) is 2. The molecule has 154 valence electrons. The Bertz CT molecular complexity index is 989. The van der Waals surface area contributed by atoms with E-state index in [0.29, 0.717) is 11.7 Å². The number of hydrogen-bond donors (Lipinski definition) is 2. The summed E-state index contributed by atoms with van der Waals surface area (Å²) >= 11 is 0.